The Kier molecular flexibility index (Phi) is 8.28. The summed E-state index contributed by atoms with van der Waals surface area (Å²) < 4.78 is 40.8. The van der Waals surface area contributed by atoms with Gasteiger partial charge in [-0.15, -0.1) is 12.4 Å². The summed E-state index contributed by atoms with van der Waals surface area (Å²) in [5.74, 6) is -0.102. The summed E-state index contributed by atoms with van der Waals surface area (Å²) in [4.78, 5) is 0. The van der Waals surface area contributed by atoms with Crippen molar-refractivity contribution in [2.45, 2.75) is 31.7 Å². The van der Waals surface area contributed by atoms with Crippen LogP contribution in [0.25, 0.3) is 21.9 Å². The summed E-state index contributed by atoms with van der Waals surface area (Å²) in [5, 5.41) is 14.8. The molecule has 0 aromatic heterocycles. The third-order valence-electron chi connectivity index (χ3n) is 6.39. The van der Waals surface area contributed by atoms with Crippen molar-refractivity contribution in [1.29, 1.82) is 0 Å². The van der Waals surface area contributed by atoms with Crippen molar-refractivity contribution in [3.63, 3.8) is 0 Å². The minimum Gasteiger partial charge on any atom is -0.508 e. The average molecular weight is 512 g/mol. The van der Waals surface area contributed by atoms with Crippen molar-refractivity contribution in [2.75, 3.05) is 13.2 Å². The van der Waals surface area contributed by atoms with Gasteiger partial charge in [0.15, 0.2) is 11.6 Å². The molecule has 1 fully saturated rings. The summed E-state index contributed by atoms with van der Waals surface area (Å²) in [7, 11) is 0. The molecule has 1 heterocycles. The van der Waals surface area contributed by atoms with E-state index in [1.807, 2.05) is 12.1 Å². The molecule has 188 valence electrons. The highest BCUT2D eigenvalue weighted by Crippen LogP contribution is 2.41. The Bertz CT molecular complexity index is 1320. The molecular formula is C29H28ClF2NO3. The van der Waals surface area contributed by atoms with Crippen LogP contribution in [0.2, 0.25) is 0 Å². The van der Waals surface area contributed by atoms with Crippen molar-refractivity contribution in [3.8, 4) is 34.1 Å². The molecule has 4 nitrogen and oxygen atoms in total. The first-order chi connectivity index (χ1) is 17.1. The molecule has 5 rings (SSSR count). The molecular weight excluding hydrogens is 484 g/mol. The zero-order valence-electron chi connectivity index (χ0n) is 19.7. The number of hydrogen-bond donors (Lipinski definition) is 2. The van der Waals surface area contributed by atoms with Crippen LogP contribution in [0, 0.1) is 11.6 Å². The smallest absolute Gasteiger partial charge is 0.166 e. The van der Waals surface area contributed by atoms with Gasteiger partial charge < -0.3 is 19.9 Å². The Balaban J connectivity index is 0.00000304. The molecule has 1 saturated heterocycles. The van der Waals surface area contributed by atoms with Gasteiger partial charge in [0, 0.05) is 22.6 Å². The van der Waals surface area contributed by atoms with Gasteiger partial charge in [0.2, 0.25) is 0 Å². The second-order valence-corrected chi connectivity index (χ2v) is 8.81. The number of rotatable bonds is 7. The van der Waals surface area contributed by atoms with Gasteiger partial charge in [-0.2, -0.15) is 0 Å². The third-order valence-corrected chi connectivity index (χ3v) is 6.39. The highest BCUT2D eigenvalue weighted by atomic mass is 35.5. The van der Waals surface area contributed by atoms with E-state index in [9.17, 15) is 13.9 Å². The highest BCUT2D eigenvalue weighted by molar-refractivity contribution is 5.96. The molecule has 0 bridgehead atoms. The first-order valence-electron chi connectivity index (χ1n) is 11.9. The molecule has 0 radical (unpaired) electrons. The van der Waals surface area contributed by atoms with Crippen molar-refractivity contribution in [2.24, 2.45) is 0 Å². The number of hydrogen-bond acceptors (Lipinski definition) is 4. The van der Waals surface area contributed by atoms with Crippen LogP contribution in [0.1, 0.15) is 25.7 Å². The summed E-state index contributed by atoms with van der Waals surface area (Å²) in [6, 6.07) is 20.1. The number of piperidine rings is 1. The van der Waals surface area contributed by atoms with Gasteiger partial charge in [-0.1, -0.05) is 24.6 Å². The van der Waals surface area contributed by atoms with E-state index < -0.39 is 11.6 Å². The molecule has 1 aliphatic heterocycles. The van der Waals surface area contributed by atoms with Gasteiger partial charge in [-0.25, -0.2) is 8.78 Å². The molecule has 0 saturated carbocycles. The summed E-state index contributed by atoms with van der Waals surface area (Å²) in [6.07, 6.45) is 4.65. The molecule has 7 heteroatoms. The molecule has 2 N–H and O–H groups in total. The maximum absolute atomic E-state index is 14.7. The zero-order chi connectivity index (χ0) is 24.2. The van der Waals surface area contributed by atoms with Crippen LogP contribution in [-0.2, 0) is 0 Å². The van der Waals surface area contributed by atoms with Crippen LogP contribution in [-0.4, -0.2) is 24.3 Å². The number of benzene rings is 4. The van der Waals surface area contributed by atoms with Gasteiger partial charge in [0.25, 0.3) is 0 Å². The Morgan fingerprint density at radius 1 is 0.889 bits per heavy atom. The largest absolute Gasteiger partial charge is 0.508 e. The van der Waals surface area contributed by atoms with Crippen molar-refractivity contribution in [1.82, 2.24) is 5.32 Å². The molecule has 36 heavy (non-hydrogen) atoms. The fourth-order valence-electron chi connectivity index (χ4n) is 4.53. The number of halogens is 3. The maximum Gasteiger partial charge on any atom is 0.166 e. The predicted octanol–water partition coefficient (Wildman–Crippen LogP) is 7.62. The standard InChI is InChI=1S/C29H27F2NO3.ClH/c30-27-6-3-5-25(28(27)31)26-13-7-19-18-21(33)8-14-24(19)29(26)35-23-11-9-22(10-12-23)34-17-15-20-4-1-2-16-32-20;/h3,5-14,18,20,32-33H,1-2,4,15-17H2;1H. The number of ether oxygens (including phenoxy) is 2. The Hall–Kier alpha value is -3.35. The Morgan fingerprint density at radius 2 is 1.69 bits per heavy atom. The van der Waals surface area contributed by atoms with Crippen molar-refractivity contribution >= 4 is 23.2 Å². The lowest BCUT2D eigenvalue weighted by Crippen LogP contribution is -2.35. The number of nitrogens with one attached hydrogen (secondary N) is 1. The van der Waals surface area contributed by atoms with Crippen LogP contribution in [0.4, 0.5) is 8.78 Å². The van der Waals surface area contributed by atoms with E-state index in [0.29, 0.717) is 35.1 Å². The minimum atomic E-state index is -0.938. The zero-order valence-corrected chi connectivity index (χ0v) is 20.5. The van der Waals surface area contributed by atoms with E-state index in [1.165, 1.54) is 31.4 Å². The van der Waals surface area contributed by atoms with Gasteiger partial charge in [-0.3, -0.25) is 0 Å². The van der Waals surface area contributed by atoms with E-state index in [-0.39, 0.29) is 23.7 Å². The third kappa shape index (κ3) is 5.72. The topological polar surface area (TPSA) is 50.7 Å². The van der Waals surface area contributed by atoms with Crippen molar-refractivity contribution in [3.05, 3.63) is 84.4 Å². The van der Waals surface area contributed by atoms with Gasteiger partial charge in [-0.05, 0) is 85.8 Å². The number of fused-ring (bicyclic) bond motifs is 1. The number of phenols is 1. The van der Waals surface area contributed by atoms with E-state index in [4.69, 9.17) is 9.47 Å². The Morgan fingerprint density at radius 3 is 2.47 bits per heavy atom. The highest BCUT2D eigenvalue weighted by Gasteiger charge is 2.18. The lowest BCUT2D eigenvalue weighted by molar-refractivity contribution is 0.268. The van der Waals surface area contributed by atoms with Crippen LogP contribution in [0.15, 0.2) is 72.8 Å². The first kappa shape index (κ1) is 25.7. The van der Waals surface area contributed by atoms with Crippen molar-refractivity contribution < 1.29 is 23.4 Å². The van der Waals surface area contributed by atoms with Crippen LogP contribution >= 0.6 is 12.4 Å². The predicted molar refractivity (Wildman–Crippen MR) is 140 cm³/mol. The summed E-state index contributed by atoms with van der Waals surface area (Å²) >= 11 is 0. The van der Waals surface area contributed by atoms with Crippen LogP contribution < -0.4 is 14.8 Å². The lowest BCUT2D eigenvalue weighted by atomic mass is 9.98. The summed E-state index contributed by atoms with van der Waals surface area (Å²) in [6.45, 7) is 1.71. The number of phenolic OH excluding ortho intramolecular Hbond substituents is 1. The van der Waals surface area contributed by atoms with Gasteiger partial charge in [0.1, 0.15) is 23.0 Å². The SMILES string of the molecule is Cl.Oc1ccc2c(Oc3ccc(OCCC4CCCCN4)cc3)c(-c3cccc(F)c3F)ccc2c1. The average Bonchev–Trinajstić information content (AvgIpc) is 2.88. The normalized spacial score (nSPS) is 15.3. The van der Waals surface area contributed by atoms with Gasteiger partial charge >= 0.3 is 0 Å². The fourth-order valence-corrected chi connectivity index (χ4v) is 4.53. The molecule has 1 unspecified atom stereocenters. The van der Waals surface area contributed by atoms with E-state index in [0.717, 1.165) is 30.2 Å². The lowest BCUT2D eigenvalue weighted by Gasteiger charge is -2.23. The number of aromatic hydroxyl groups is 1. The second kappa shape index (κ2) is 11.6. The maximum atomic E-state index is 14.7. The second-order valence-electron chi connectivity index (χ2n) is 8.81. The summed E-state index contributed by atoms with van der Waals surface area (Å²) in [5.41, 5.74) is 0.520. The molecule has 1 atom stereocenters. The monoisotopic (exact) mass is 511 g/mol. The molecule has 1 aliphatic rings. The van der Waals surface area contributed by atoms with E-state index in [1.54, 1.807) is 42.5 Å². The Labute approximate surface area is 215 Å². The molecule has 0 aliphatic carbocycles. The minimum absolute atomic E-state index is 0. The van der Waals surface area contributed by atoms with E-state index in [2.05, 4.69) is 5.32 Å². The van der Waals surface area contributed by atoms with E-state index >= 15 is 0 Å². The molecule has 0 spiro atoms. The molecule has 0 amide bonds. The first-order valence-corrected chi connectivity index (χ1v) is 11.9. The quantitative estimate of drug-likeness (QED) is 0.268. The van der Waals surface area contributed by atoms with Gasteiger partial charge in [0.05, 0.1) is 6.61 Å². The molecule has 4 aromatic carbocycles. The van der Waals surface area contributed by atoms with Crippen LogP contribution in [0.5, 0.6) is 23.0 Å². The fraction of sp³-hybridized carbons (Fsp3) is 0.241. The molecule has 4 aromatic rings. The van der Waals surface area contributed by atoms with Crippen LogP contribution in [0.3, 0.4) is 0 Å².